The van der Waals surface area contributed by atoms with Gasteiger partial charge in [-0.1, -0.05) is 18.9 Å². The molecule has 1 N–H and O–H groups in total. The van der Waals surface area contributed by atoms with Crippen LogP contribution in [0.3, 0.4) is 0 Å². The first-order valence-electron chi connectivity index (χ1n) is 13.1. The number of hydrogen-bond acceptors (Lipinski definition) is 6. The van der Waals surface area contributed by atoms with Crippen molar-refractivity contribution in [2.24, 2.45) is 0 Å². The number of nitrogens with one attached hydrogen (secondary N) is 1. The van der Waals surface area contributed by atoms with E-state index >= 15 is 0 Å². The number of tetrazole rings is 1. The van der Waals surface area contributed by atoms with Gasteiger partial charge in [-0.15, -0.1) is 5.10 Å². The van der Waals surface area contributed by atoms with E-state index in [-0.39, 0.29) is 23.5 Å². The predicted octanol–water partition coefficient (Wildman–Crippen LogP) is 4.30. The maximum absolute atomic E-state index is 13.6. The Kier molecular flexibility index (Phi) is 6.24. The number of halogens is 1. The molecule has 192 valence electrons. The van der Waals surface area contributed by atoms with Crippen LogP contribution < -0.4 is 10.5 Å². The summed E-state index contributed by atoms with van der Waals surface area (Å²) < 4.78 is 15.4. The van der Waals surface area contributed by atoms with Crippen molar-refractivity contribution in [2.75, 3.05) is 31.1 Å². The molecule has 1 atom stereocenters. The van der Waals surface area contributed by atoms with E-state index in [4.69, 9.17) is 0 Å². The van der Waals surface area contributed by atoms with Gasteiger partial charge in [0.1, 0.15) is 11.9 Å². The molecule has 4 aromatic rings. The molecule has 0 spiro atoms. The molecule has 0 amide bonds. The van der Waals surface area contributed by atoms with Crippen molar-refractivity contribution in [3.05, 3.63) is 81.2 Å². The molecule has 37 heavy (non-hydrogen) atoms. The van der Waals surface area contributed by atoms with Crippen LogP contribution in [0.2, 0.25) is 0 Å². The summed E-state index contributed by atoms with van der Waals surface area (Å²) >= 11 is 0. The Balaban J connectivity index is 1.40. The van der Waals surface area contributed by atoms with Crippen LogP contribution in [0, 0.1) is 19.7 Å². The molecule has 9 heteroatoms. The number of anilines is 1. The number of fused-ring (bicyclic) bond motifs is 1. The summed E-state index contributed by atoms with van der Waals surface area (Å²) in [6, 6.07) is 12.7. The van der Waals surface area contributed by atoms with Crippen LogP contribution in [0.25, 0.3) is 10.9 Å². The van der Waals surface area contributed by atoms with Crippen molar-refractivity contribution in [3.63, 3.8) is 0 Å². The van der Waals surface area contributed by atoms with Crippen molar-refractivity contribution in [1.82, 2.24) is 30.1 Å². The Morgan fingerprint density at radius 3 is 2.46 bits per heavy atom. The van der Waals surface area contributed by atoms with E-state index in [1.165, 1.54) is 25.0 Å². The largest absolute Gasteiger partial charge is 0.369 e. The number of aryl methyl sites for hydroxylation is 2. The van der Waals surface area contributed by atoms with E-state index in [1.54, 1.807) is 0 Å². The van der Waals surface area contributed by atoms with Gasteiger partial charge in [-0.3, -0.25) is 9.69 Å². The average Bonchev–Trinajstić information content (AvgIpc) is 3.58. The first-order chi connectivity index (χ1) is 18.0. The van der Waals surface area contributed by atoms with Gasteiger partial charge in [-0.05, 0) is 84.6 Å². The fraction of sp³-hybridized carbons (Fsp3) is 0.429. The standard InChI is InChI=1S/C28H32FN7O/c1-18-15-19(2)23-17-24(28(37)30-25(23)16-18)26(27-31-32-33-36(27)22-5-3-4-6-22)35-13-11-34(12-14-35)21-9-7-20(29)8-10-21/h7-10,15-17,22,26H,3-6,11-14H2,1-2H3,(H,30,37)/t26-/m1/s1. The minimum Gasteiger partial charge on any atom is -0.369 e. The summed E-state index contributed by atoms with van der Waals surface area (Å²) in [5.41, 5.74) is 4.66. The molecule has 2 aliphatic rings. The molecular formula is C28H32FN7O. The quantitative estimate of drug-likeness (QED) is 0.439. The maximum Gasteiger partial charge on any atom is 0.253 e. The number of aromatic amines is 1. The zero-order chi connectivity index (χ0) is 25.5. The molecular weight excluding hydrogens is 469 g/mol. The Hall–Kier alpha value is -3.59. The lowest BCUT2D eigenvalue weighted by molar-refractivity contribution is 0.197. The normalized spacial score (nSPS) is 18.1. The smallest absolute Gasteiger partial charge is 0.253 e. The zero-order valence-corrected chi connectivity index (χ0v) is 21.3. The number of rotatable bonds is 5. The Bertz CT molecular complexity index is 1460. The number of aromatic nitrogens is 5. The van der Waals surface area contributed by atoms with Crippen LogP contribution in [0.1, 0.15) is 60.3 Å². The minimum atomic E-state index is -0.361. The van der Waals surface area contributed by atoms with E-state index < -0.39 is 0 Å². The average molecular weight is 502 g/mol. The summed E-state index contributed by atoms with van der Waals surface area (Å²) in [6.07, 6.45) is 4.44. The van der Waals surface area contributed by atoms with Gasteiger partial charge >= 0.3 is 0 Å². The molecule has 1 aliphatic carbocycles. The van der Waals surface area contributed by atoms with E-state index in [0.29, 0.717) is 5.56 Å². The molecule has 2 fully saturated rings. The summed E-state index contributed by atoms with van der Waals surface area (Å²) in [6.45, 7) is 7.09. The van der Waals surface area contributed by atoms with Crippen molar-refractivity contribution in [2.45, 2.75) is 51.6 Å². The minimum absolute atomic E-state index is 0.107. The van der Waals surface area contributed by atoms with Gasteiger partial charge in [-0.25, -0.2) is 9.07 Å². The Morgan fingerprint density at radius 1 is 1.00 bits per heavy atom. The molecule has 0 unspecified atom stereocenters. The third kappa shape index (κ3) is 4.52. The van der Waals surface area contributed by atoms with E-state index in [2.05, 4.69) is 43.3 Å². The molecule has 1 saturated carbocycles. The highest BCUT2D eigenvalue weighted by molar-refractivity contribution is 5.83. The fourth-order valence-electron chi connectivity index (χ4n) is 6.07. The highest BCUT2D eigenvalue weighted by Crippen LogP contribution is 2.34. The van der Waals surface area contributed by atoms with Gasteiger partial charge in [0, 0.05) is 48.3 Å². The van der Waals surface area contributed by atoms with Crippen molar-refractivity contribution >= 4 is 16.6 Å². The number of piperazine rings is 1. The molecule has 0 radical (unpaired) electrons. The number of nitrogens with zero attached hydrogens (tertiary/aromatic N) is 6. The molecule has 8 nitrogen and oxygen atoms in total. The van der Waals surface area contributed by atoms with Gasteiger partial charge in [0.05, 0.1) is 6.04 Å². The van der Waals surface area contributed by atoms with Crippen LogP contribution in [0.15, 0.2) is 47.3 Å². The van der Waals surface area contributed by atoms with Crippen LogP contribution in [-0.2, 0) is 0 Å². The molecule has 2 aromatic heterocycles. The van der Waals surface area contributed by atoms with Gasteiger partial charge in [0.25, 0.3) is 5.56 Å². The fourth-order valence-corrected chi connectivity index (χ4v) is 6.07. The van der Waals surface area contributed by atoms with Crippen LogP contribution in [-0.4, -0.2) is 56.3 Å². The molecule has 6 rings (SSSR count). The zero-order valence-electron chi connectivity index (χ0n) is 21.3. The topological polar surface area (TPSA) is 82.9 Å². The highest BCUT2D eigenvalue weighted by atomic mass is 19.1. The highest BCUT2D eigenvalue weighted by Gasteiger charge is 2.35. The summed E-state index contributed by atoms with van der Waals surface area (Å²) in [4.78, 5) is 21.3. The second-order valence-corrected chi connectivity index (χ2v) is 10.4. The van der Waals surface area contributed by atoms with Crippen molar-refractivity contribution in [3.8, 4) is 0 Å². The lowest BCUT2D eigenvalue weighted by atomic mass is 9.99. The third-order valence-corrected chi connectivity index (χ3v) is 7.94. The van der Waals surface area contributed by atoms with Crippen molar-refractivity contribution < 1.29 is 4.39 Å². The van der Waals surface area contributed by atoms with E-state index in [9.17, 15) is 9.18 Å². The number of pyridine rings is 1. The first kappa shape index (κ1) is 23.8. The van der Waals surface area contributed by atoms with E-state index in [0.717, 1.165) is 72.6 Å². The summed E-state index contributed by atoms with van der Waals surface area (Å²) in [7, 11) is 0. The number of H-pyrrole nitrogens is 1. The number of hydrogen-bond donors (Lipinski definition) is 1. The van der Waals surface area contributed by atoms with Gasteiger partial charge < -0.3 is 9.88 Å². The SMILES string of the molecule is Cc1cc(C)c2cc([C@H](c3nnnn3C3CCCC3)N3CCN(c4ccc(F)cc4)CC3)c(=O)[nH]c2c1. The molecule has 0 bridgehead atoms. The molecule has 2 aromatic carbocycles. The lowest BCUT2D eigenvalue weighted by Crippen LogP contribution is -2.49. The van der Waals surface area contributed by atoms with E-state index in [1.807, 2.05) is 35.9 Å². The van der Waals surface area contributed by atoms with Crippen molar-refractivity contribution in [1.29, 1.82) is 0 Å². The summed E-state index contributed by atoms with van der Waals surface area (Å²) in [5.74, 6) is 0.499. The Morgan fingerprint density at radius 2 is 1.73 bits per heavy atom. The monoisotopic (exact) mass is 501 g/mol. The van der Waals surface area contributed by atoms with Gasteiger partial charge in [0.2, 0.25) is 0 Å². The van der Waals surface area contributed by atoms with Gasteiger partial charge in [-0.2, -0.15) is 0 Å². The molecule has 1 saturated heterocycles. The maximum atomic E-state index is 13.6. The predicted molar refractivity (Wildman–Crippen MR) is 141 cm³/mol. The molecule has 3 heterocycles. The second kappa shape index (κ2) is 9.70. The number of benzene rings is 2. The summed E-state index contributed by atoms with van der Waals surface area (Å²) in [5, 5.41) is 14.0. The van der Waals surface area contributed by atoms with Crippen LogP contribution in [0.5, 0.6) is 0 Å². The second-order valence-electron chi connectivity index (χ2n) is 10.4. The third-order valence-electron chi connectivity index (χ3n) is 7.94. The van der Waals surface area contributed by atoms with Gasteiger partial charge in [0.15, 0.2) is 5.82 Å². The first-order valence-corrected chi connectivity index (χ1v) is 13.1. The van der Waals surface area contributed by atoms with Crippen LogP contribution >= 0.6 is 0 Å². The Labute approximate surface area is 215 Å². The molecule has 1 aliphatic heterocycles. The van der Waals surface area contributed by atoms with Crippen LogP contribution in [0.4, 0.5) is 10.1 Å². The lowest BCUT2D eigenvalue weighted by Gasteiger charge is -2.39.